The maximum absolute atomic E-state index is 12.2. The Hall–Kier alpha value is -1.70. The van der Waals surface area contributed by atoms with Crippen LogP contribution in [0, 0.1) is 0 Å². The second-order valence-electron chi connectivity index (χ2n) is 4.52. The molecule has 1 aromatic heterocycles. The Balaban J connectivity index is 2.06. The predicted octanol–water partition coefficient (Wildman–Crippen LogP) is 1.57. The first kappa shape index (κ1) is 15.7. The van der Waals surface area contributed by atoms with Gasteiger partial charge in [-0.15, -0.1) is 0 Å². The first-order chi connectivity index (χ1) is 10.1. The number of ether oxygens (including phenoxy) is 1. The van der Waals surface area contributed by atoms with Gasteiger partial charge in [-0.25, -0.2) is 13.1 Å². The summed E-state index contributed by atoms with van der Waals surface area (Å²) in [6.07, 6.45) is 2.52. The highest BCUT2D eigenvalue weighted by Crippen LogP contribution is 2.16. The number of hydrogen-bond acceptors (Lipinski definition) is 4. The second kappa shape index (κ2) is 6.84. The van der Waals surface area contributed by atoms with Crippen molar-refractivity contribution >= 4 is 10.0 Å². The van der Waals surface area contributed by atoms with Gasteiger partial charge in [0.05, 0.1) is 12.3 Å². The molecule has 7 heteroatoms. The van der Waals surface area contributed by atoms with Gasteiger partial charge in [-0.05, 0) is 12.5 Å². The molecule has 0 saturated heterocycles. The maximum Gasteiger partial charge on any atom is 0.243 e. The van der Waals surface area contributed by atoms with Crippen molar-refractivity contribution in [2.75, 3.05) is 13.7 Å². The highest BCUT2D eigenvalue weighted by molar-refractivity contribution is 7.89. The van der Waals surface area contributed by atoms with E-state index in [1.54, 1.807) is 11.8 Å². The SMILES string of the molecule is CCn1cc(S(=O)(=O)NC[C@H](OC)c2ccccc2)cn1. The van der Waals surface area contributed by atoms with Crippen LogP contribution in [0.1, 0.15) is 18.6 Å². The fourth-order valence-electron chi connectivity index (χ4n) is 1.93. The molecule has 0 spiro atoms. The van der Waals surface area contributed by atoms with E-state index in [0.29, 0.717) is 6.54 Å². The molecule has 0 fully saturated rings. The van der Waals surface area contributed by atoms with Crippen molar-refractivity contribution in [3.05, 3.63) is 48.3 Å². The molecular weight excluding hydrogens is 290 g/mol. The number of aromatic nitrogens is 2. The molecular formula is C14H19N3O3S. The molecule has 0 amide bonds. The number of methoxy groups -OCH3 is 1. The average Bonchev–Trinajstić information content (AvgIpc) is 2.99. The smallest absolute Gasteiger partial charge is 0.243 e. The van der Waals surface area contributed by atoms with Gasteiger partial charge in [0.25, 0.3) is 0 Å². The summed E-state index contributed by atoms with van der Waals surface area (Å²) in [7, 11) is -2.02. The van der Waals surface area contributed by atoms with Crippen LogP contribution < -0.4 is 4.72 Å². The van der Waals surface area contributed by atoms with Crippen LogP contribution in [0.15, 0.2) is 47.6 Å². The lowest BCUT2D eigenvalue weighted by Gasteiger charge is -2.16. The van der Waals surface area contributed by atoms with Crippen LogP contribution >= 0.6 is 0 Å². The van der Waals surface area contributed by atoms with Gasteiger partial charge >= 0.3 is 0 Å². The summed E-state index contributed by atoms with van der Waals surface area (Å²) in [5.74, 6) is 0. The minimum absolute atomic E-state index is 0.160. The van der Waals surface area contributed by atoms with Crippen LogP contribution in [-0.4, -0.2) is 31.9 Å². The third-order valence-corrected chi connectivity index (χ3v) is 4.54. The van der Waals surface area contributed by atoms with Crippen molar-refractivity contribution in [1.29, 1.82) is 0 Å². The lowest BCUT2D eigenvalue weighted by atomic mass is 10.1. The molecule has 0 unspecified atom stereocenters. The zero-order valence-corrected chi connectivity index (χ0v) is 12.9. The minimum Gasteiger partial charge on any atom is -0.375 e. The summed E-state index contributed by atoms with van der Waals surface area (Å²) >= 11 is 0. The summed E-state index contributed by atoms with van der Waals surface area (Å²) in [5.41, 5.74) is 0.923. The van der Waals surface area contributed by atoms with Gasteiger partial charge in [-0.2, -0.15) is 5.10 Å². The zero-order valence-electron chi connectivity index (χ0n) is 12.1. The van der Waals surface area contributed by atoms with Crippen molar-refractivity contribution in [2.24, 2.45) is 0 Å². The van der Waals surface area contributed by atoms with Gasteiger partial charge < -0.3 is 4.74 Å². The van der Waals surface area contributed by atoms with E-state index >= 15 is 0 Å². The van der Waals surface area contributed by atoms with E-state index in [-0.39, 0.29) is 17.5 Å². The lowest BCUT2D eigenvalue weighted by molar-refractivity contribution is 0.107. The fraction of sp³-hybridized carbons (Fsp3) is 0.357. The van der Waals surface area contributed by atoms with E-state index in [9.17, 15) is 8.42 Å². The summed E-state index contributed by atoms with van der Waals surface area (Å²) in [6.45, 7) is 2.69. The first-order valence-corrected chi connectivity index (χ1v) is 8.15. The monoisotopic (exact) mass is 309 g/mol. The molecule has 2 rings (SSSR count). The molecule has 1 N–H and O–H groups in total. The summed E-state index contributed by atoms with van der Waals surface area (Å²) in [4.78, 5) is 0.160. The van der Waals surface area contributed by atoms with Crippen LogP contribution in [0.3, 0.4) is 0 Å². The summed E-state index contributed by atoms with van der Waals surface area (Å²) in [6, 6.07) is 9.48. The number of rotatable bonds is 7. The molecule has 0 aliphatic carbocycles. The van der Waals surface area contributed by atoms with Crippen molar-refractivity contribution < 1.29 is 13.2 Å². The van der Waals surface area contributed by atoms with Gasteiger partial charge in [0.1, 0.15) is 4.90 Å². The molecule has 6 nitrogen and oxygen atoms in total. The molecule has 0 aliphatic heterocycles. The van der Waals surface area contributed by atoms with E-state index in [1.165, 1.54) is 12.4 Å². The maximum atomic E-state index is 12.2. The largest absolute Gasteiger partial charge is 0.375 e. The van der Waals surface area contributed by atoms with E-state index in [0.717, 1.165) is 5.56 Å². The molecule has 0 aliphatic rings. The normalized spacial score (nSPS) is 13.2. The van der Waals surface area contributed by atoms with Crippen LogP contribution in [0.25, 0.3) is 0 Å². The van der Waals surface area contributed by atoms with Gasteiger partial charge in [0, 0.05) is 26.4 Å². The van der Waals surface area contributed by atoms with Crippen LogP contribution in [0.5, 0.6) is 0 Å². The third kappa shape index (κ3) is 3.90. The Labute approximate surface area is 124 Å². The topological polar surface area (TPSA) is 73.2 Å². The van der Waals surface area contributed by atoms with Crippen LogP contribution in [0.4, 0.5) is 0 Å². The fourth-order valence-corrected chi connectivity index (χ4v) is 2.91. The molecule has 0 bridgehead atoms. The Morgan fingerprint density at radius 1 is 1.33 bits per heavy atom. The number of hydrogen-bond donors (Lipinski definition) is 1. The Bertz CT molecular complexity index is 668. The van der Waals surface area contributed by atoms with Crippen molar-refractivity contribution in [2.45, 2.75) is 24.5 Å². The van der Waals surface area contributed by atoms with Gasteiger partial charge in [0.15, 0.2) is 0 Å². The Morgan fingerprint density at radius 2 is 2.05 bits per heavy atom. The molecule has 0 radical (unpaired) electrons. The lowest BCUT2D eigenvalue weighted by Crippen LogP contribution is -2.29. The molecule has 1 heterocycles. The number of benzene rings is 1. The van der Waals surface area contributed by atoms with E-state index in [2.05, 4.69) is 9.82 Å². The summed E-state index contributed by atoms with van der Waals surface area (Å²) < 4.78 is 33.9. The standard InChI is InChI=1S/C14H19N3O3S/c1-3-17-11-13(9-15-17)21(18,19)16-10-14(20-2)12-7-5-4-6-8-12/h4-9,11,14,16H,3,10H2,1-2H3/t14-/m0/s1. The molecule has 1 aromatic carbocycles. The van der Waals surface area contributed by atoms with Crippen LogP contribution in [-0.2, 0) is 21.3 Å². The van der Waals surface area contributed by atoms with E-state index in [4.69, 9.17) is 4.74 Å². The molecule has 114 valence electrons. The minimum atomic E-state index is -3.58. The predicted molar refractivity (Wildman–Crippen MR) is 79.3 cm³/mol. The van der Waals surface area contributed by atoms with Crippen LogP contribution in [0.2, 0.25) is 0 Å². The highest BCUT2D eigenvalue weighted by Gasteiger charge is 2.19. The molecule has 0 saturated carbocycles. The quantitative estimate of drug-likeness (QED) is 0.842. The van der Waals surface area contributed by atoms with Crippen molar-refractivity contribution in [1.82, 2.24) is 14.5 Å². The van der Waals surface area contributed by atoms with E-state index < -0.39 is 10.0 Å². The average molecular weight is 309 g/mol. The number of aryl methyl sites for hydroxylation is 1. The van der Waals surface area contributed by atoms with Gasteiger partial charge in [0.2, 0.25) is 10.0 Å². The van der Waals surface area contributed by atoms with Gasteiger partial charge in [-0.1, -0.05) is 30.3 Å². The highest BCUT2D eigenvalue weighted by atomic mass is 32.2. The van der Waals surface area contributed by atoms with Crippen molar-refractivity contribution in [3.8, 4) is 0 Å². The molecule has 2 aromatic rings. The first-order valence-electron chi connectivity index (χ1n) is 6.66. The summed E-state index contributed by atoms with van der Waals surface area (Å²) in [5, 5.41) is 3.97. The number of sulfonamides is 1. The van der Waals surface area contributed by atoms with E-state index in [1.807, 2.05) is 37.3 Å². The number of nitrogens with zero attached hydrogens (tertiary/aromatic N) is 2. The Kier molecular flexibility index (Phi) is 5.11. The van der Waals surface area contributed by atoms with Crippen molar-refractivity contribution in [3.63, 3.8) is 0 Å². The molecule has 1 atom stereocenters. The zero-order chi connectivity index (χ0) is 15.3. The second-order valence-corrected chi connectivity index (χ2v) is 6.29. The number of nitrogens with one attached hydrogen (secondary N) is 1. The third-order valence-electron chi connectivity index (χ3n) is 3.16. The molecule has 21 heavy (non-hydrogen) atoms. The van der Waals surface area contributed by atoms with Gasteiger partial charge in [-0.3, -0.25) is 4.68 Å². The Morgan fingerprint density at radius 3 is 2.62 bits per heavy atom.